The summed E-state index contributed by atoms with van der Waals surface area (Å²) in [7, 11) is 0. The molecule has 0 spiro atoms. The minimum absolute atomic E-state index is 0.487. The maximum atomic E-state index is 5.86. The molecule has 15 heavy (non-hydrogen) atoms. The topological polar surface area (TPSA) is 0 Å². The van der Waals surface area contributed by atoms with Crippen molar-refractivity contribution in [1.82, 2.24) is 0 Å². The van der Waals surface area contributed by atoms with E-state index in [1.165, 1.54) is 64.2 Å². The van der Waals surface area contributed by atoms with E-state index in [-0.39, 0.29) is 0 Å². The summed E-state index contributed by atoms with van der Waals surface area (Å²) in [6.07, 6.45) is 16.6. The highest BCUT2D eigenvalue weighted by atomic mass is 35.5. The Balaban J connectivity index is 2.08. The first kappa shape index (κ1) is 11.5. The van der Waals surface area contributed by atoms with Gasteiger partial charge in [-0.05, 0) is 37.0 Å². The Bertz CT molecular complexity index is 207. The molecule has 0 radical (unpaired) electrons. The number of halogens is 1. The molecule has 2 aliphatic carbocycles. The molecule has 0 aromatic rings. The third-order valence-electron chi connectivity index (χ3n) is 4.60. The first-order valence-electron chi connectivity index (χ1n) is 6.65. The smallest absolute Gasteiger partial charge is 0.000816 e. The minimum atomic E-state index is 0.487. The Morgan fingerprint density at radius 2 is 1.47 bits per heavy atom. The average molecular weight is 227 g/mol. The second-order valence-electron chi connectivity index (χ2n) is 5.42. The van der Waals surface area contributed by atoms with E-state index in [1.807, 2.05) is 0 Å². The molecule has 0 aromatic heterocycles. The van der Waals surface area contributed by atoms with Gasteiger partial charge in [0.05, 0.1) is 0 Å². The average Bonchev–Trinajstić information content (AvgIpc) is 2.32. The summed E-state index contributed by atoms with van der Waals surface area (Å²) in [6.45, 7) is 0. The Kier molecular flexibility index (Phi) is 4.13. The van der Waals surface area contributed by atoms with Crippen LogP contribution in [0.25, 0.3) is 0 Å². The van der Waals surface area contributed by atoms with E-state index in [2.05, 4.69) is 6.08 Å². The Labute approximate surface area is 99.1 Å². The molecule has 0 heterocycles. The zero-order valence-electron chi connectivity index (χ0n) is 9.68. The lowest BCUT2D eigenvalue weighted by Crippen LogP contribution is -2.32. The summed E-state index contributed by atoms with van der Waals surface area (Å²) in [5, 5.41) is 0. The third kappa shape index (κ3) is 2.58. The predicted molar refractivity (Wildman–Crippen MR) is 67.1 cm³/mol. The van der Waals surface area contributed by atoms with Crippen molar-refractivity contribution in [3.05, 3.63) is 11.6 Å². The fourth-order valence-corrected chi connectivity index (χ4v) is 3.97. The third-order valence-corrected chi connectivity index (χ3v) is 4.72. The largest absolute Gasteiger partial charge is 0.0933 e. The van der Waals surface area contributed by atoms with Crippen LogP contribution in [-0.4, -0.2) is 0 Å². The van der Waals surface area contributed by atoms with Crippen LogP contribution in [0, 0.1) is 11.3 Å². The molecule has 0 unspecified atom stereocenters. The van der Waals surface area contributed by atoms with Crippen molar-refractivity contribution in [3.63, 3.8) is 0 Å². The van der Waals surface area contributed by atoms with Gasteiger partial charge in [-0.25, -0.2) is 0 Å². The maximum absolute atomic E-state index is 5.86. The Hall–Kier alpha value is 0.0300. The van der Waals surface area contributed by atoms with Crippen molar-refractivity contribution in [2.45, 2.75) is 64.2 Å². The van der Waals surface area contributed by atoms with E-state index < -0.39 is 0 Å². The molecule has 0 amide bonds. The normalized spacial score (nSPS) is 28.3. The van der Waals surface area contributed by atoms with Crippen LogP contribution in [0.3, 0.4) is 0 Å². The van der Waals surface area contributed by atoms with Crippen molar-refractivity contribution < 1.29 is 0 Å². The van der Waals surface area contributed by atoms with E-state index in [9.17, 15) is 0 Å². The molecule has 2 fully saturated rings. The monoisotopic (exact) mass is 226 g/mol. The molecule has 86 valence electrons. The fourth-order valence-electron chi connectivity index (χ4n) is 3.72. The van der Waals surface area contributed by atoms with Crippen molar-refractivity contribution in [2.75, 3.05) is 0 Å². The first-order chi connectivity index (χ1) is 7.37. The van der Waals surface area contributed by atoms with Gasteiger partial charge in [-0.15, -0.1) is 0 Å². The van der Waals surface area contributed by atoms with E-state index >= 15 is 0 Å². The molecular weight excluding hydrogens is 204 g/mol. The van der Waals surface area contributed by atoms with Gasteiger partial charge in [0, 0.05) is 5.54 Å². The number of hydrogen-bond acceptors (Lipinski definition) is 0. The zero-order chi connectivity index (χ0) is 10.6. The van der Waals surface area contributed by atoms with Crippen molar-refractivity contribution >= 4 is 11.6 Å². The first-order valence-corrected chi connectivity index (χ1v) is 7.09. The van der Waals surface area contributed by atoms with Crippen LogP contribution >= 0.6 is 11.6 Å². The molecule has 2 aliphatic rings. The molecule has 1 heteroatoms. The minimum Gasteiger partial charge on any atom is -0.0933 e. The summed E-state index contributed by atoms with van der Waals surface area (Å²) >= 11 is 5.86. The molecule has 2 saturated carbocycles. The van der Waals surface area contributed by atoms with Gasteiger partial charge in [-0.3, -0.25) is 0 Å². The van der Waals surface area contributed by atoms with Crippen LogP contribution < -0.4 is 0 Å². The lowest BCUT2D eigenvalue weighted by Gasteiger charge is -2.43. The van der Waals surface area contributed by atoms with Gasteiger partial charge in [0.1, 0.15) is 0 Å². The molecule has 0 aliphatic heterocycles. The Morgan fingerprint density at radius 1 is 0.867 bits per heavy atom. The van der Waals surface area contributed by atoms with Crippen LogP contribution in [0.2, 0.25) is 0 Å². The van der Waals surface area contributed by atoms with E-state index in [0.717, 1.165) is 5.92 Å². The highest BCUT2D eigenvalue weighted by Gasteiger charge is 2.37. The van der Waals surface area contributed by atoms with Crippen LogP contribution in [-0.2, 0) is 0 Å². The summed E-state index contributed by atoms with van der Waals surface area (Å²) in [6, 6.07) is 0. The van der Waals surface area contributed by atoms with E-state index in [0.29, 0.717) is 5.41 Å². The predicted octanol–water partition coefficient (Wildman–Crippen LogP) is 5.27. The molecular formula is C14H23Cl. The number of hydrogen-bond donors (Lipinski definition) is 0. The van der Waals surface area contributed by atoms with E-state index in [1.54, 1.807) is 5.54 Å². The fraction of sp³-hybridized carbons (Fsp3) is 0.857. The molecule has 0 aromatic carbocycles. The molecule has 0 bridgehead atoms. The van der Waals surface area contributed by atoms with E-state index in [4.69, 9.17) is 11.6 Å². The maximum Gasteiger partial charge on any atom is 0.000816 e. The summed E-state index contributed by atoms with van der Waals surface area (Å²) in [4.78, 5) is 0. The second kappa shape index (κ2) is 5.39. The highest BCUT2D eigenvalue weighted by molar-refractivity contribution is 6.25. The van der Waals surface area contributed by atoms with Crippen LogP contribution in [0.1, 0.15) is 64.2 Å². The second-order valence-corrected chi connectivity index (χ2v) is 5.67. The van der Waals surface area contributed by atoms with Gasteiger partial charge in [0.2, 0.25) is 0 Å². The van der Waals surface area contributed by atoms with Gasteiger partial charge >= 0.3 is 0 Å². The lowest BCUT2D eigenvalue weighted by molar-refractivity contribution is 0.119. The number of allylic oxidation sites excluding steroid dienone is 1. The summed E-state index contributed by atoms with van der Waals surface area (Å²) < 4.78 is 0. The van der Waals surface area contributed by atoms with Crippen molar-refractivity contribution in [3.8, 4) is 0 Å². The molecule has 2 rings (SSSR count). The van der Waals surface area contributed by atoms with Gasteiger partial charge in [-0.1, -0.05) is 56.2 Å². The van der Waals surface area contributed by atoms with Gasteiger partial charge in [0.25, 0.3) is 0 Å². The standard InChI is InChI=1S/C14H23Cl/c15-12-11-14(9-5-2-6-10-14)13-7-3-1-4-8-13/h11-13H,1-10H2. The van der Waals surface area contributed by atoms with Gasteiger partial charge < -0.3 is 0 Å². The van der Waals surface area contributed by atoms with Gasteiger partial charge in [-0.2, -0.15) is 0 Å². The number of rotatable bonds is 2. The lowest BCUT2D eigenvalue weighted by atomic mass is 9.62. The van der Waals surface area contributed by atoms with Crippen LogP contribution in [0.15, 0.2) is 11.6 Å². The molecule has 0 nitrogen and oxygen atoms in total. The molecule has 0 N–H and O–H groups in total. The van der Waals surface area contributed by atoms with Crippen LogP contribution in [0.4, 0.5) is 0 Å². The SMILES string of the molecule is ClC=CC1(C2CCCCC2)CCCCC1. The highest BCUT2D eigenvalue weighted by Crippen LogP contribution is 2.49. The quantitative estimate of drug-likeness (QED) is 0.602. The summed E-state index contributed by atoms with van der Waals surface area (Å²) in [5.74, 6) is 0.932. The molecule has 0 saturated heterocycles. The van der Waals surface area contributed by atoms with Crippen LogP contribution in [0.5, 0.6) is 0 Å². The zero-order valence-corrected chi connectivity index (χ0v) is 10.4. The Morgan fingerprint density at radius 3 is 2.07 bits per heavy atom. The van der Waals surface area contributed by atoms with Crippen molar-refractivity contribution in [1.29, 1.82) is 0 Å². The van der Waals surface area contributed by atoms with Gasteiger partial charge in [0.15, 0.2) is 0 Å². The van der Waals surface area contributed by atoms with Crippen molar-refractivity contribution in [2.24, 2.45) is 11.3 Å². The molecule has 0 atom stereocenters. The summed E-state index contributed by atoms with van der Waals surface area (Å²) in [5.41, 5.74) is 2.28.